The molecule has 1 N–H and O–H groups in total. The van der Waals surface area contributed by atoms with Gasteiger partial charge in [-0.2, -0.15) is 0 Å². The number of ether oxygens (including phenoxy) is 3. The van der Waals surface area contributed by atoms with E-state index in [9.17, 15) is 10.1 Å². The van der Waals surface area contributed by atoms with Gasteiger partial charge in [0.1, 0.15) is 0 Å². The molecule has 0 spiro atoms. The Kier molecular flexibility index (Phi) is 4.75. The molecule has 1 aliphatic carbocycles. The Morgan fingerprint density at radius 3 is 2.70 bits per heavy atom. The van der Waals surface area contributed by atoms with Gasteiger partial charge in [0.2, 0.25) is 0 Å². The number of aliphatic hydroxyl groups excluding tert-OH is 1. The van der Waals surface area contributed by atoms with Crippen molar-refractivity contribution in [1.82, 2.24) is 0 Å². The Hall–Kier alpha value is -1.86. The van der Waals surface area contributed by atoms with Crippen molar-refractivity contribution in [3.05, 3.63) is 27.8 Å². The maximum Gasteiger partial charge on any atom is 0.278 e. The summed E-state index contributed by atoms with van der Waals surface area (Å²) in [4.78, 5) is 10.4. The summed E-state index contributed by atoms with van der Waals surface area (Å²) < 4.78 is 15.8. The van der Waals surface area contributed by atoms with E-state index in [-0.39, 0.29) is 23.8 Å². The molecule has 7 heteroatoms. The molecule has 20 heavy (non-hydrogen) atoms. The van der Waals surface area contributed by atoms with Crippen LogP contribution in [0.5, 0.6) is 11.5 Å². The normalized spacial score (nSPS) is 14.1. The van der Waals surface area contributed by atoms with Gasteiger partial charge in [0.15, 0.2) is 18.3 Å². The number of hydrogen-bond donors (Lipinski definition) is 1. The van der Waals surface area contributed by atoms with Crippen molar-refractivity contribution < 1.29 is 24.2 Å². The Bertz CT molecular complexity index is 486. The van der Waals surface area contributed by atoms with Gasteiger partial charge in [-0.15, -0.1) is 0 Å². The largest absolute Gasteiger partial charge is 0.493 e. The molecular weight excluding hydrogens is 266 g/mol. The van der Waals surface area contributed by atoms with Crippen LogP contribution in [0.4, 0.5) is 5.69 Å². The molecule has 0 aliphatic heterocycles. The molecule has 0 amide bonds. The van der Waals surface area contributed by atoms with Crippen LogP contribution in [0, 0.1) is 16.0 Å². The maximum absolute atomic E-state index is 10.9. The average Bonchev–Trinajstić information content (AvgIpc) is 3.26. The lowest BCUT2D eigenvalue weighted by Crippen LogP contribution is -2.07. The second-order valence-electron chi connectivity index (χ2n) is 4.62. The van der Waals surface area contributed by atoms with Crippen LogP contribution in [0.25, 0.3) is 0 Å². The van der Waals surface area contributed by atoms with Crippen LogP contribution in [-0.2, 0) is 11.3 Å². The number of nitrogens with zero attached hydrogens (tertiary/aromatic N) is 1. The van der Waals surface area contributed by atoms with Crippen LogP contribution < -0.4 is 9.47 Å². The zero-order valence-electron chi connectivity index (χ0n) is 11.2. The molecule has 1 aliphatic rings. The van der Waals surface area contributed by atoms with Crippen molar-refractivity contribution in [2.24, 2.45) is 5.92 Å². The van der Waals surface area contributed by atoms with E-state index in [1.54, 1.807) is 0 Å². The maximum atomic E-state index is 10.9. The van der Waals surface area contributed by atoms with Gasteiger partial charge in [0.05, 0.1) is 36.9 Å². The smallest absolute Gasteiger partial charge is 0.278 e. The van der Waals surface area contributed by atoms with Crippen LogP contribution in [0.3, 0.4) is 0 Å². The summed E-state index contributed by atoms with van der Waals surface area (Å²) in [6.45, 7) is 0.215. The number of hydrogen-bond acceptors (Lipinski definition) is 6. The van der Waals surface area contributed by atoms with Crippen LogP contribution >= 0.6 is 0 Å². The Balaban J connectivity index is 2.07. The highest BCUT2D eigenvalue weighted by atomic mass is 16.7. The predicted molar refractivity (Wildman–Crippen MR) is 69.7 cm³/mol. The number of rotatable bonds is 8. The molecule has 0 unspecified atom stereocenters. The van der Waals surface area contributed by atoms with Crippen molar-refractivity contribution in [2.75, 3.05) is 20.5 Å². The van der Waals surface area contributed by atoms with Gasteiger partial charge in [-0.05, 0) is 24.8 Å². The first-order chi connectivity index (χ1) is 9.65. The van der Waals surface area contributed by atoms with Crippen LogP contribution in [-0.4, -0.2) is 30.5 Å². The average molecular weight is 283 g/mol. The molecule has 110 valence electrons. The van der Waals surface area contributed by atoms with Crippen molar-refractivity contribution in [1.29, 1.82) is 0 Å². The first-order valence-electron chi connectivity index (χ1n) is 6.32. The van der Waals surface area contributed by atoms with Gasteiger partial charge in [-0.3, -0.25) is 10.1 Å². The summed E-state index contributed by atoms with van der Waals surface area (Å²) >= 11 is 0. The van der Waals surface area contributed by atoms with E-state index in [1.807, 2.05) is 0 Å². The van der Waals surface area contributed by atoms with E-state index in [1.165, 1.54) is 32.1 Å². The van der Waals surface area contributed by atoms with Crippen LogP contribution in [0.15, 0.2) is 12.1 Å². The standard InChI is InChI=1S/C13H17NO6/c1-18-12-4-10(6-15)11(14(16)17)5-13(12)20-8-19-7-9-2-3-9/h4-5,9,15H,2-3,6-8H2,1H3. The number of benzene rings is 1. The third kappa shape index (κ3) is 3.58. The minimum atomic E-state index is -0.567. The lowest BCUT2D eigenvalue weighted by atomic mass is 10.1. The van der Waals surface area contributed by atoms with Crippen molar-refractivity contribution in [3.63, 3.8) is 0 Å². The summed E-state index contributed by atoms with van der Waals surface area (Å²) in [6, 6.07) is 2.64. The zero-order valence-corrected chi connectivity index (χ0v) is 11.2. The van der Waals surface area contributed by atoms with Crippen molar-refractivity contribution in [3.8, 4) is 11.5 Å². The molecule has 0 radical (unpaired) electrons. The lowest BCUT2D eigenvalue weighted by Gasteiger charge is -2.12. The van der Waals surface area contributed by atoms with Gasteiger partial charge in [-0.25, -0.2) is 0 Å². The summed E-state index contributed by atoms with van der Waals surface area (Å²) in [5.74, 6) is 1.17. The quantitative estimate of drug-likeness (QED) is 0.339. The van der Waals surface area contributed by atoms with E-state index in [2.05, 4.69) is 0 Å². The molecule has 1 aromatic carbocycles. The van der Waals surface area contributed by atoms with Crippen LogP contribution in [0.1, 0.15) is 18.4 Å². The van der Waals surface area contributed by atoms with E-state index in [4.69, 9.17) is 19.3 Å². The van der Waals surface area contributed by atoms with Gasteiger partial charge >= 0.3 is 0 Å². The molecular formula is C13H17NO6. The number of aliphatic hydroxyl groups is 1. The fourth-order valence-electron chi connectivity index (χ4n) is 1.76. The molecule has 0 bridgehead atoms. The second kappa shape index (κ2) is 6.53. The summed E-state index contributed by atoms with van der Waals surface area (Å²) in [5.41, 5.74) is -0.0245. The van der Waals surface area contributed by atoms with E-state index in [0.717, 1.165) is 0 Å². The SMILES string of the molecule is COc1cc(CO)c([N+](=O)[O-])cc1OCOCC1CC1. The summed E-state index contributed by atoms with van der Waals surface area (Å²) in [6.07, 6.45) is 2.36. The molecule has 1 fully saturated rings. The fraction of sp³-hybridized carbons (Fsp3) is 0.538. The first kappa shape index (κ1) is 14.5. The molecule has 1 saturated carbocycles. The summed E-state index contributed by atoms with van der Waals surface area (Å²) in [5, 5.41) is 20.1. The highest BCUT2D eigenvalue weighted by Crippen LogP contribution is 2.35. The molecule has 0 aromatic heterocycles. The Morgan fingerprint density at radius 2 is 2.15 bits per heavy atom. The summed E-state index contributed by atoms with van der Waals surface area (Å²) in [7, 11) is 1.43. The van der Waals surface area contributed by atoms with Crippen LogP contribution in [0.2, 0.25) is 0 Å². The third-order valence-electron chi connectivity index (χ3n) is 3.08. The predicted octanol–water partition coefficient (Wildman–Crippen LogP) is 1.86. The Labute approximate surface area is 116 Å². The third-order valence-corrected chi connectivity index (χ3v) is 3.08. The van der Waals surface area contributed by atoms with Gasteiger partial charge in [0.25, 0.3) is 5.69 Å². The minimum Gasteiger partial charge on any atom is -0.493 e. The fourth-order valence-corrected chi connectivity index (χ4v) is 1.76. The van der Waals surface area contributed by atoms with Crippen molar-refractivity contribution in [2.45, 2.75) is 19.4 Å². The number of nitro benzene ring substituents is 1. The topological polar surface area (TPSA) is 91.1 Å². The molecule has 0 atom stereocenters. The highest BCUT2D eigenvalue weighted by Gasteiger charge is 2.22. The van der Waals surface area contributed by atoms with Gasteiger partial charge in [0, 0.05) is 0 Å². The van der Waals surface area contributed by atoms with Gasteiger partial charge < -0.3 is 19.3 Å². The van der Waals surface area contributed by atoms with E-state index >= 15 is 0 Å². The molecule has 7 nitrogen and oxygen atoms in total. The lowest BCUT2D eigenvalue weighted by molar-refractivity contribution is -0.386. The van der Waals surface area contributed by atoms with Gasteiger partial charge in [-0.1, -0.05) is 0 Å². The molecule has 2 rings (SSSR count). The number of methoxy groups -OCH3 is 1. The number of nitro groups is 1. The van der Waals surface area contributed by atoms with Crippen molar-refractivity contribution >= 4 is 5.69 Å². The van der Waals surface area contributed by atoms with E-state index < -0.39 is 11.5 Å². The Morgan fingerprint density at radius 1 is 1.40 bits per heavy atom. The van der Waals surface area contributed by atoms with E-state index in [0.29, 0.717) is 18.3 Å². The first-order valence-corrected chi connectivity index (χ1v) is 6.32. The minimum absolute atomic E-state index is 0.0164. The highest BCUT2D eigenvalue weighted by molar-refractivity contribution is 5.54. The monoisotopic (exact) mass is 283 g/mol. The molecule has 0 saturated heterocycles. The molecule has 0 heterocycles. The molecule has 1 aromatic rings. The zero-order chi connectivity index (χ0) is 14.5. The second-order valence-corrected chi connectivity index (χ2v) is 4.62.